The smallest absolute Gasteiger partial charge is 0.161 e. The van der Waals surface area contributed by atoms with Crippen molar-refractivity contribution in [1.29, 1.82) is 0 Å². The molecule has 0 aliphatic carbocycles. The van der Waals surface area contributed by atoms with Crippen LogP contribution >= 0.6 is 11.6 Å². The lowest BCUT2D eigenvalue weighted by Gasteiger charge is -2.14. The monoisotopic (exact) mass is 242 g/mol. The molecule has 0 aromatic heterocycles. The zero-order valence-electron chi connectivity index (χ0n) is 10.1. The minimum absolute atomic E-state index is 0.488. The maximum absolute atomic E-state index is 5.76. The van der Waals surface area contributed by atoms with Gasteiger partial charge < -0.3 is 9.47 Å². The number of halogens is 1. The Morgan fingerprint density at radius 1 is 1.31 bits per heavy atom. The van der Waals surface area contributed by atoms with Crippen LogP contribution < -0.4 is 9.47 Å². The van der Waals surface area contributed by atoms with Gasteiger partial charge >= 0.3 is 0 Å². The molecule has 0 aliphatic rings. The largest absolute Gasteiger partial charge is 0.493 e. The highest BCUT2D eigenvalue weighted by molar-refractivity contribution is 6.17. The van der Waals surface area contributed by atoms with Gasteiger partial charge in [-0.25, -0.2) is 0 Å². The molecule has 16 heavy (non-hydrogen) atoms. The first-order valence-corrected chi connectivity index (χ1v) is 6.10. The first kappa shape index (κ1) is 13.2. The molecule has 0 fully saturated rings. The number of alkyl halides is 1. The summed E-state index contributed by atoms with van der Waals surface area (Å²) in [5.41, 5.74) is 1.04. The zero-order chi connectivity index (χ0) is 12.0. The lowest BCUT2D eigenvalue weighted by atomic mass is 10.1. The second-order valence-electron chi connectivity index (χ2n) is 3.94. The maximum atomic E-state index is 5.76. The van der Waals surface area contributed by atoms with Gasteiger partial charge in [0.2, 0.25) is 0 Å². The first-order chi connectivity index (χ1) is 7.71. The zero-order valence-corrected chi connectivity index (χ0v) is 10.9. The molecule has 1 atom stereocenters. The van der Waals surface area contributed by atoms with E-state index in [-0.39, 0.29) is 0 Å². The standard InChI is InChI=1S/C13H19ClO2/c1-4-10(2)9-16-12-6-5-11(8-14)7-13(12)15-3/h5-7,10H,4,8-9H2,1-3H3. The van der Waals surface area contributed by atoms with E-state index in [1.807, 2.05) is 18.2 Å². The molecule has 0 spiro atoms. The second-order valence-corrected chi connectivity index (χ2v) is 4.21. The summed E-state index contributed by atoms with van der Waals surface area (Å²) in [5.74, 6) is 2.58. The van der Waals surface area contributed by atoms with Crippen molar-refractivity contribution in [1.82, 2.24) is 0 Å². The average molecular weight is 243 g/mol. The second kappa shape index (κ2) is 6.64. The Morgan fingerprint density at radius 3 is 2.62 bits per heavy atom. The Morgan fingerprint density at radius 2 is 2.06 bits per heavy atom. The third kappa shape index (κ3) is 3.60. The van der Waals surface area contributed by atoms with Gasteiger partial charge in [0.1, 0.15) is 0 Å². The Kier molecular flexibility index (Phi) is 5.47. The molecule has 1 rings (SSSR count). The van der Waals surface area contributed by atoms with Crippen molar-refractivity contribution in [2.75, 3.05) is 13.7 Å². The molecule has 90 valence electrons. The van der Waals surface area contributed by atoms with Crippen LogP contribution in [0, 0.1) is 5.92 Å². The van der Waals surface area contributed by atoms with Crippen LogP contribution in [0.1, 0.15) is 25.8 Å². The van der Waals surface area contributed by atoms with Gasteiger partial charge in [-0.15, -0.1) is 11.6 Å². The highest BCUT2D eigenvalue weighted by atomic mass is 35.5. The third-order valence-corrected chi connectivity index (χ3v) is 2.91. The summed E-state index contributed by atoms with van der Waals surface area (Å²) < 4.78 is 11.0. The van der Waals surface area contributed by atoms with Gasteiger partial charge in [0.25, 0.3) is 0 Å². The summed E-state index contributed by atoms with van der Waals surface area (Å²) in [6.07, 6.45) is 1.11. The van der Waals surface area contributed by atoms with Crippen molar-refractivity contribution in [2.24, 2.45) is 5.92 Å². The fourth-order valence-electron chi connectivity index (χ4n) is 1.26. The van der Waals surface area contributed by atoms with Gasteiger partial charge in [-0.05, 0) is 23.6 Å². The summed E-state index contributed by atoms with van der Waals surface area (Å²) in [7, 11) is 1.64. The molecule has 3 heteroatoms. The Labute approximate surface area is 103 Å². The predicted octanol–water partition coefficient (Wildman–Crippen LogP) is 3.86. The van der Waals surface area contributed by atoms with E-state index in [9.17, 15) is 0 Å². The fourth-order valence-corrected chi connectivity index (χ4v) is 1.43. The molecule has 0 saturated heterocycles. The van der Waals surface area contributed by atoms with Crippen LogP contribution in [-0.2, 0) is 5.88 Å². The molecule has 1 aromatic rings. The van der Waals surface area contributed by atoms with E-state index in [1.54, 1.807) is 7.11 Å². The molecule has 0 heterocycles. The van der Waals surface area contributed by atoms with Crippen molar-refractivity contribution in [3.05, 3.63) is 23.8 Å². The van der Waals surface area contributed by atoms with E-state index in [4.69, 9.17) is 21.1 Å². The quantitative estimate of drug-likeness (QED) is 0.706. The van der Waals surface area contributed by atoms with Gasteiger partial charge in [-0.3, -0.25) is 0 Å². The van der Waals surface area contributed by atoms with Crippen molar-refractivity contribution >= 4 is 11.6 Å². The van der Waals surface area contributed by atoms with E-state index in [2.05, 4.69) is 13.8 Å². The van der Waals surface area contributed by atoms with E-state index < -0.39 is 0 Å². The van der Waals surface area contributed by atoms with Crippen LogP contribution in [0.2, 0.25) is 0 Å². The van der Waals surface area contributed by atoms with E-state index in [1.165, 1.54) is 0 Å². The summed E-state index contributed by atoms with van der Waals surface area (Å²) in [4.78, 5) is 0. The highest BCUT2D eigenvalue weighted by Crippen LogP contribution is 2.29. The van der Waals surface area contributed by atoms with Crippen molar-refractivity contribution < 1.29 is 9.47 Å². The number of rotatable bonds is 6. The summed E-state index contributed by atoms with van der Waals surface area (Å²) in [6.45, 7) is 5.04. The Hall–Kier alpha value is -0.890. The maximum Gasteiger partial charge on any atom is 0.161 e. The van der Waals surface area contributed by atoms with Crippen LogP contribution in [-0.4, -0.2) is 13.7 Å². The van der Waals surface area contributed by atoms with Gasteiger partial charge in [-0.2, -0.15) is 0 Å². The molecule has 0 aliphatic heterocycles. The molecule has 1 aromatic carbocycles. The Bertz CT molecular complexity index is 326. The van der Waals surface area contributed by atoms with E-state index in [0.29, 0.717) is 18.4 Å². The van der Waals surface area contributed by atoms with Gasteiger partial charge in [0, 0.05) is 5.88 Å². The molecule has 0 saturated carbocycles. The van der Waals surface area contributed by atoms with E-state index >= 15 is 0 Å². The number of ether oxygens (including phenoxy) is 2. The van der Waals surface area contributed by atoms with E-state index in [0.717, 1.165) is 23.5 Å². The third-order valence-electron chi connectivity index (χ3n) is 2.60. The van der Waals surface area contributed by atoms with Crippen LogP contribution in [0.4, 0.5) is 0 Å². The Balaban J connectivity index is 2.71. The molecule has 0 amide bonds. The molecule has 0 N–H and O–H groups in total. The number of hydrogen-bond donors (Lipinski definition) is 0. The molecular formula is C13H19ClO2. The number of methoxy groups -OCH3 is 1. The van der Waals surface area contributed by atoms with Crippen molar-refractivity contribution in [2.45, 2.75) is 26.1 Å². The predicted molar refractivity (Wildman–Crippen MR) is 67.5 cm³/mol. The fraction of sp³-hybridized carbons (Fsp3) is 0.538. The lowest BCUT2D eigenvalue weighted by molar-refractivity contribution is 0.244. The highest BCUT2D eigenvalue weighted by Gasteiger charge is 2.07. The van der Waals surface area contributed by atoms with Crippen LogP contribution in [0.25, 0.3) is 0 Å². The van der Waals surface area contributed by atoms with Gasteiger partial charge in [0.05, 0.1) is 13.7 Å². The molecular weight excluding hydrogens is 224 g/mol. The minimum Gasteiger partial charge on any atom is -0.493 e. The van der Waals surface area contributed by atoms with Crippen LogP contribution in [0.15, 0.2) is 18.2 Å². The molecule has 1 unspecified atom stereocenters. The topological polar surface area (TPSA) is 18.5 Å². The normalized spacial score (nSPS) is 12.2. The van der Waals surface area contributed by atoms with Crippen molar-refractivity contribution in [3.8, 4) is 11.5 Å². The molecule has 0 bridgehead atoms. The number of benzene rings is 1. The van der Waals surface area contributed by atoms with Gasteiger partial charge in [0.15, 0.2) is 11.5 Å². The SMILES string of the molecule is CCC(C)COc1ccc(CCl)cc1OC. The minimum atomic E-state index is 0.488. The number of hydrogen-bond acceptors (Lipinski definition) is 2. The summed E-state index contributed by atoms with van der Waals surface area (Å²) in [6, 6.07) is 5.79. The van der Waals surface area contributed by atoms with Crippen LogP contribution in [0.3, 0.4) is 0 Å². The van der Waals surface area contributed by atoms with Crippen LogP contribution in [0.5, 0.6) is 11.5 Å². The molecule has 2 nitrogen and oxygen atoms in total. The summed E-state index contributed by atoms with van der Waals surface area (Å²) >= 11 is 5.76. The molecule has 0 radical (unpaired) electrons. The van der Waals surface area contributed by atoms with Crippen molar-refractivity contribution in [3.63, 3.8) is 0 Å². The summed E-state index contributed by atoms with van der Waals surface area (Å²) in [5, 5.41) is 0. The lowest BCUT2D eigenvalue weighted by Crippen LogP contribution is -2.08. The first-order valence-electron chi connectivity index (χ1n) is 5.56. The van der Waals surface area contributed by atoms with Gasteiger partial charge in [-0.1, -0.05) is 26.3 Å². The average Bonchev–Trinajstić information content (AvgIpc) is 2.35.